The standard InChI is InChI=1S/C35H39ClN4O/c1-25-37-32-12-5-6-13-33(32)40(25)31-23-29-14-15-30(24-31)39(29)21-18-35(27-10-7-11-28(36)22-27)16-19-38(20-17-35)34(41)26-8-3-2-4-9-26/h2-13,22,29-31H,14-21,23-24H2,1H3/t29-,30+,31+. The lowest BCUT2D eigenvalue weighted by atomic mass is 9.70. The third-order valence-electron chi connectivity index (χ3n) is 10.3. The van der Waals surface area contributed by atoms with E-state index in [1.54, 1.807) is 0 Å². The molecule has 3 atom stereocenters. The van der Waals surface area contributed by atoms with Crippen LogP contribution in [0, 0.1) is 6.92 Å². The minimum atomic E-state index is 0.0335. The molecule has 3 aromatic carbocycles. The Morgan fingerprint density at radius 1 is 0.902 bits per heavy atom. The highest BCUT2D eigenvalue weighted by Crippen LogP contribution is 2.45. The Hall–Kier alpha value is -3.15. The van der Waals surface area contributed by atoms with Gasteiger partial charge in [0.05, 0.1) is 11.0 Å². The molecule has 1 aromatic heterocycles. The molecule has 0 N–H and O–H groups in total. The predicted molar refractivity (Wildman–Crippen MR) is 166 cm³/mol. The Morgan fingerprint density at radius 3 is 2.34 bits per heavy atom. The molecule has 41 heavy (non-hydrogen) atoms. The van der Waals surface area contributed by atoms with Gasteiger partial charge in [-0.25, -0.2) is 4.98 Å². The van der Waals surface area contributed by atoms with Crippen molar-refractivity contribution in [3.8, 4) is 0 Å². The minimum absolute atomic E-state index is 0.0335. The first-order valence-corrected chi connectivity index (χ1v) is 15.7. The van der Waals surface area contributed by atoms with E-state index in [9.17, 15) is 4.79 Å². The van der Waals surface area contributed by atoms with Crippen LogP contribution in [0.3, 0.4) is 0 Å². The molecule has 3 aliphatic heterocycles. The number of aromatic nitrogens is 2. The fourth-order valence-electron chi connectivity index (χ4n) is 8.19. The first-order valence-electron chi connectivity index (χ1n) is 15.3. The maximum absolute atomic E-state index is 13.2. The van der Waals surface area contributed by atoms with Gasteiger partial charge >= 0.3 is 0 Å². The molecule has 4 aromatic rings. The molecule has 212 valence electrons. The summed E-state index contributed by atoms with van der Waals surface area (Å²) in [6.45, 7) is 4.83. The van der Waals surface area contributed by atoms with Gasteiger partial charge in [0, 0.05) is 41.8 Å². The van der Waals surface area contributed by atoms with Crippen LogP contribution in [-0.2, 0) is 5.41 Å². The molecule has 0 spiro atoms. The summed E-state index contributed by atoms with van der Waals surface area (Å²) in [7, 11) is 0. The summed E-state index contributed by atoms with van der Waals surface area (Å²) in [6, 6.07) is 28.5. The summed E-state index contributed by atoms with van der Waals surface area (Å²) in [5, 5.41) is 0.800. The average Bonchev–Trinajstić information content (AvgIpc) is 3.46. The summed E-state index contributed by atoms with van der Waals surface area (Å²) in [5.74, 6) is 1.29. The number of aryl methyl sites for hydroxylation is 1. The number of carbonyl (C=O) groups excluding carboxylic acids is 1. The van der Waals surface area contributed by atoms with Crippen molar-refractivity contribution in [3.63, 3.8) is 0 Å². The number of piperidine rings is 2. The van der Waals surface area contributed by atoms with Crippen LogP contribution in [0.15, 0.2) is 78.9 Å². The number of nitrogens with zero attached hydrogens (tertiary/aromatic N) is 4. The van der Waals surface area contributed by atoms with E-state index < -0.39 is 0 Å². The van der Waals surface area contributed by atoms with E-state index >= 15 is 0 Å². The van der Waals surface area contributed by atoms with E-state index in [0.29, 0.717) is 18.1 Å². The molecule has 0 radical (unpaired) electrons. The third-order valence-corrected chi connectivity index (χ3v) is 10.5. The van der Waals surface area contributed by atoms with Crippen LogP contribution in [-0.4, -0.2) is 57.0 Å². The van der Waals surface area contributed by atoms with Gasteiger partial charge in [0.2, 0.25) is 0 Å². The SMILES string of the molecule is Cc1nc2ccccc2n1[C@H]1C[C@H]2CC[C@@H](C1)N2CCC1(c2cccc(Cl)c2)CCN(C(=O)c2ccccc2)CC1. The average molecular weight is 567 g/mol. The van der Waals surface area contributed by atoms with Crippen LogP contribution < -0.4 is 0 Å². The summed E-state index contributed by atoms with van der Waals surface area (Å²) in [6.07, 6.45) is 8.01. The molecule has 3 aliphatic rings. The van der Waals surface area contributed by atoms with E-state index in [4.69, 9.17) is 16.6 Å². The van der Waals surface area contributed by atoms with E-state index in [-0.39, 0.29) is 11.3 Å². The fraction of sp³-hybridized carbons (Fsp3) is 0.429. The van der Waals surface area contributed by atoms with Crippen molar-refractivity contribution in [2.24, 2.45) is 0 Å². The molecule has 3 saturated heterocycles. The molecule has 3 fully saturated rings. The van der Waals surface area contributed by atoms with Crippen molar-refractivity contribution < 1.29 is 4.79 Å². The van der Waals surface area contributed by atoms with Gasteiger partial charge in [-0.05, 0) is 106 Å². The van der Waals surface area contributed by atoms with Crippen LogP contribution in [0.25, 0.3) is 11.0 Å². The number of imidazole rings is 1. The number of benzene rings is 3. The van der Waals surface area contributed by atoms with Crippen molar-refractivity contribution in [2.45, 2.75) is 75.4 Å². The zero-order valence-electron chi connectivity index (χ0n) is 23.9. The maximum Gasteiger partial charge on any atom is 0.253 e. The van der Waals surface area contributed by atoms with Crippen LogP contribution in [0.4, 0.5) is 0 Å². The van der Waals surface area contributed by atoms with Crippen LogP contribution in [0.2, 0.25) is 5.02 Å². The highest BCUT2D eigenvalue weighted by atomic mass is 35.5. The molecule has 2 bridgehead atoms. The Balaban J connectivity index is 1.08. The van der Waals surface area contributed by atoms with Gasteiger partial charge in [0.15, 0.2) is 0 Å². The lowest BCUT2D eigenvalue weighted by Gasteiger charge is -2.45. The molecule has 1 amide bonds. The van der Waals surface area contributed by atoms with Gasteiger partial charge in [-0.2, -0.15) is 0 Å². The summed E-state index contributed by atoms with van der Waals surface area (Å²) >= 11 is 6.53. The number of likely N-dealkylation sites (tertiary alicyclic amines) is 1. The number of carbonyl (C=O) groups is 1. The molecule has 4 heterocycles. The van der Waals surface area contributed by atoms with Crippen LogP contribution in [0.5, 0.6) is 0 Å². The van der Waals surface area contributed by atoms with Crippen molar-refractivity contribution in [1.82, 2.24) is 19.4 Å². The summed E-state index contributed by atoms with van der Waals surface area (Å²) < 4.78 is 2.52. The van der Waals surface area contributed by atoms with Gasteiger partial charge in [-0.3, -0.25) is 9.69 Å². The number of rotatable bonds is 6. The van der Waals surface area contributed by atoms with Crippen molar-refractivity contribution in [1.29, 1.82) is 0 Å². The van der Waals surface area contributed by atoms with Crippen molar-refractivity contribution >= 4 is 28.5 Å². The third kappa shape index (κ3) is 4.97. The predicted octanol–water partition coefficient (Wildman–Crippen LogP) is 7.43. The monoisotopic (exact) mass is 566 g/mol. The molecule has 0 saturated carbocycles. The lowest BCUT2D eigenvalue weighted by Crippen LogP contribution is -2.49. The fourth-order valence-corrected chi connectivity index (χ4v) is 8.38. The number of para-hydroxylation sites is 2. The molecule has 7 rings (SSSR count). The zero-order chi connectivity index (χ0) is 28.0. The second-order valence-corrected chi connectivity index (χ2v) is 12.9. The molecule has 6 heteroatoms. The Morgan fingerprint density at radius 2 is 1.61 bits per heavy atom. The highest BCUT2D eigenvalue weighted by Gasteiger charge is 2.44. The molecular weight excluding hydrogens is 528 g/mol. The second-order valence-electron chi connectivity index (χ2n) is 12.5. The maximum atomic E-state index is 13.2. The normalized spacial score (nSPS) is 24.1. The van der Waals surface area contributed by atoms with Gasteiger partial charge in [0.25, 0.3) is 5.91 Å². The highest BCUT2D eigenvalue weighted by molar-refractivity contribution is 6.30. The number of halogens is 1. The molecule has 0 aliphatic carbocycles. The zero-order valence-corrected chi connectivity index (χ0v) is 24.6. The lowest BCUT2D eigenvalue weighted by molar-refractivity contribution is 0.0607. The van der Waals surface area contributed by atoms with Crippen LogP contribution >= 0.6 is 11.6 Å². The first-order chi connectivity index (χ1) is 20.0. The summed E-state index contributed by atoms with van der Waals surface area (Å²) in [5.41, 5.74) is 4.54. The number of hydrogen-bond donors (Lipinski definition) is 0. The quantitative estimate of drug-likeness (QED) is 0.244. The Bertz CT molecular complexity index is 1530. The van der Waals surface area contributed by atoms with Crippen molar-refractivity contribution in [2.75, 3.05) is 19.6 Å². The van der Waals surface area contributed by atoms with E-state index in [2.05, 4.69) is 58.9 Å². The largest absolute Gasteiger partial charge is 0.339 e. The Kier molecular flexibility index (Phi) is 7.12. The van der Waals surface area contributed by atoms with Gasteiger partial charge in [-0.1, -0.05) is 54.1 Å². The van der Waals surface area contributed by atoms with E-state index in [1.807, 2.05) is 41.3 Å². The van der Waals surface area contributed by atoms with E-state index in [0.717, 1.165) is 60.8 Å². The Labute approximate surface area is 248 Å². The summed E-state index contributed by atoms with van der Waals surface area (Å²) in [4.78, 5) is 23.0. The first kappa shape index (κ1) is 26.7. The number of amides is 1. The van der Waals surface area contributed by atoms with E-state index in [1.165, 1.54) is 36.8 Å². The smallest absolute Gasteiger partial charge is 0.253 e. The topological polar surface area (TPSA) is 41.4 Å². The number of hydrogen-bond acceptors (Lipinski definition) is 3. The van der Waals surface area contributed by atoms with Gasteiger partial charge in [-0.15, -0.1) is 0 Å². The molecule has 5 nitrogen and oxygen atoms in total. The minimum Gasteiger partial charge on any atom is -0.339 e. The van der Waals surface area contributed by atoms with Gasteiger partial charge < -0.3 is 9.47 Å². The number of fused-ring (bicyclic) bond motifs is 3. The van der Waals surface area contributed by atoms with Crippen molar-refractivity contribution in [3.05, 3.63) is 101 Å². The molecular formula is C35H39ClN4O. The second kappa shape index (κ2) is 10.9. The molecule has 0 unspecified atom stereocenters. The van der Waals surface area contributed by atoms with Crippen LogP contribution in [0.1, 0.15) is 72.7 Å². The van der Waals surface area contributed by atoms with Gasteiger partial charge in [0.1, 0.15) is 5.82 Å².